The van der Waals surface area contributed by atoms with E-state index in [0.717, 1.165) is 42.7 Å². The summed E-state index contributed by atoms with van der Waals surface area (Å²) in [6.07, 6.45) is 4.82. The summed E-state index contributed by atoms with van der Waals surface area (Å²) in [4.78, 5) is 15.6. The van der Waals surface area contributed by atoms with E-state index in [4.69, 9.17) is 4.74 Å². The molecule has 3 aromatic rings. The molecule has 0 unspecified atom stereocenters. The molecule has 4 heteroatoms. The van der Waals surface area contributed by atoms with Crippen molar-refractivity contribution in [2.45, 2.75) is 19.3 Å². The molecule has 2 N–H and O–H groups in total. The monoisotopic (exact) mass is 320 g/mol. The first-order chi connectivity index (χ1) is 11.8. The van der Waals surface area contributed by atoms with Crippen LogP contribution in [0.3, 0.4) is 0 Å². The van der Waals surface area contributed by atoms with Crippen molar-refractivity contribution >= 4 is 16.8 Å². The minimum atomic E-state index is -0.0248. The number of carbonyl (C=O) groups is 1. The Labute approximate surface area is 140 Å². The average Bonchev–Trinajstić information content (AvgIpc) is 3.04. The molecule has 122 valence electrons. The second kappa shape index (κ2) is 6.40. The maximum Gasteiger partial charge on any atom is 0.251 e. The molecule has 0 radical (unpaired) electrons. The van der Waals surface area contributed by atoms with Gasteiger partial charge in [-0.05, 0) is 54.7 Å². The summed E-state index contributed by atoms with van der Waals surface area (Å²) in [5.74, 6) is 0.889. The van der Waals surface area contributed by atoms with E-state index in [1.54, 1.807) is 0 Å². The molecule has 2 aromatic carbocycles. The van der Waals surface area contributed by atoms with E-state index < -0.39 is 0 Å². The van der Waals surface area contributed by atoms with Crippen LogP contribution in [0.2, 0.25) is 0 Å². The predicted molar refractivity (Wildman–Crippen MR) is 94.6 cm³/mol. The van der Waals surface area contributed by atoms with Crippen LogP contribution >= 0.6 is 0 Å². The van der Waals surface area contributed by atoms with Crippen LogP contribution in [0.25, 0.3) is 10.9 Å². The lowest BCUT2D eigenvalue weighted by Gasteiger charge is -2.17. The van der Waals surface area contributed by atoms with Crippen LogP contribution in [0.1, 0.15) is 27.9 Å². The van der Waals surface area contributed by atoms with Gasteiger partial charge in [0, 0.05) is 29.2 Å². The maximum absolute atomic E-state index is 12.4. The minimum absolute atomic E-state index is 0.0248. The van der Waals surface area contributed by atoms with Crippen LogP contribution in [0.5, 0.6) is 5.75 Å². The lowest BCUT2D eigenvalue weighted by atomic mass is 10.0. The third-order valence-electron chi connectivity index (χ3n) is 4.53. The number of fused-ring (bicyclic) bond motifs is 2. The summed E-state index contributed by atoms with van der Waals surface area (Å²) in [7, 11) is 0. The molecule has 24 heavy (non-hydrogen) atoms. The molecule has 4 rings (SSSR count). The number of aromatic nitrogens is 1. The highest BCUT2D eigenvalue weighted by Gasteiger charge is 2.13. The summed E-state index contributed by atoms with van der Waals surface area (Å²) in [6, 6.07) is 13.9. The Hall–Kier alpha value is -2.75. The number of amides is 1. The lowest BCUT2D eigenvalue weighted by Crippen LogP contribution is -2.26. The fourth-order valence-electron chi connectivity index (χ4n) is 3.25. The molecule has 0 atom stereocenters. The van der Waals surface area contributed by atoms with Crippen LogP contribution in [-0.2, 0) is 12.8 Å². The molecule has 0 bridgehead atoms. The van der Waals surface area contributed by atoms with Crippen LogP contribution < -0.4 is 10.1 Å². The number of para-hydroxylation sites is 1. The number of nitrogens with one attached hydrogen (secondary N) is 2. The van der Waals surface area contributed by atoms with Crippen LogP contribution in [0.15, 0.2) is 48.7 Å². The van der Waals surface area contributed by atoms with Gasteiger partial charge >= 0.3 is 0 Å². The summed E-state index contributed by atoms with van der Waals surface area (Å²) < 4.78 is 5.59. The fraction of sp³-hybridized carbons (Fsp3) is 0.250. The molecule has 0 spiro atoms. The van der Waals surface area contributed by atoms with Gasteiger partial charge in [-0.25, -0.2) is 0 Å². The van der Waals surface area contributed by atoms with Crippen molar-refractivity contribution in [3.8, 4) is 5.75 Å². The Morgan fingerprint density at radius 2 is 2.12 bits per heavy atom. The average molecular weight is 320 g/mol. The first-order valence-electron chi connectivity index (χ1n) is 8.40. The lowest BCUT2D eigenvalue weighted by molar-refractivity contribution is 0.0954. The van der Waals surface area contributed by atoms with Crippen molar-refractivity contribution in [2.75, 3.05) is 13.2 Å². The number of aryl methyl sites for hydroxylation is 1. The molecule has 1 aromatic heterocycles. The second-order valence-electron chi connectivity index (χ2n) is 6.14. The van der Waals surface area contributed by atoms with Gasteiger partial charge < -0.3 is 15.0 Å². The summed E-state index contributed by atoms with van der Waals surface area (Å²) >= 11 is 0. The highest BCUT2D eigenvalue weighted by Crippen LogP contribution is 2.25. The van der Waals surface area contributed by atoms with Gasteiger partial charge in [0.1, 0.15) is 5.75 Å². The van der Waals surface area contributed by atoms with Gasteiger partial charge in [-0.15, -0.1) is 0 Å². The number of benzene rings is 2. The van der Waals surface area contributed by atoms with Crippen molar-refractivity contribution in [3.05, 3.63) is 65.4 Å². The molecule has 0 fully saturated rings. The molecule has 0 saturated heterocycles. The fourth-order valence-corrected chi connectivity index (χ4v) is 3.25. The minimum Gasteiger partial charge on any atom is -0.493 e. The first-order valence-corrected chi connectivity index (χ1v) is 8.40. The molecule has 2 heterocycles. The van der Waals surface area contributed by atoms with Crippen molar-refractivity contribution in [2.24, 2.45) is 0 Å². The Bertz CT molecular complexity index is 882. The third kappa shape index (κ3) is 2.87. The van der Waals surface area contributed by atoms with E-state index in [9.17, 15) is 4.79 Å². The normalized spacial score (nSPS) is 13.3. The molecule has 1 aliphatic rings. The number of carbonyl (C=O) groups excluding carboxylic acids is 1. The van der Waals surface area contributed by atoms with Gasteiger partial charge in [0.25, 0.3) is 5.91 Å². The first kappa shape index (κ1) is 14.8. The summed E-state index contributed by atoms with van der Waals surface area (Å²) in [5.41, 5.74) is 4.20. The van der Waals surface area contributed by atoms with Crippen molar-refractivity contribution < 1.29 is 9.53 Å². The van der Waals surface area contributed by atoms with E-state index >= 15 is 0 Å². The standard InChI is InChI=1S/C20H20N2O2/c23-20(15-7-8-19-14(12-15)4-3-11-24-19)21-10-9-16-13-22-18-6-2-1-5-17(16)18/h1-2,5-8,12-13,22H,3-4,9-11H2,(H,21,23). The Kier molecular flexibility index (Phi) is 3.95. The van der Waals surface area contributed by atoms with Crippen LogP contribution in [0, 0.1) is 0 Å². The van der Waals surface area contributed by atoms with Crippen molar-refractivity contribution in [1.82, 2.24) is 10.3 Å². The zero-order chi connectivity index (χ0) is 16.4. The Morgan fingerprint density at radius 1 is 1.21 bits per heavy atom. The molecular formula is C20H20N2O2. The van der Waals surface area contributed by atoms with Crippen LogP contribution in [0.4, 0.5) is 0 Å². The highest BCUT2D eigenvalue weighted by molar-refractivity contribution is 5.94. The van der Waals surface area contributed by atoms with Crippen molar-refractivity contribution in [1.29, 1.82) is 0 Å². The molecule has 4 nitrogen and oxygen atoms in total. The molecule has 0 aliphatic carbocycles. The van der Waals surface area contributed by atoms with Gasteiger partial charge in [0.2, 0.25) is 0 Å². The van der Waals surface area contributed by atoms with Crippen LogP contribution in [-0.4, -0.2) is 24.0 Å². The van der Waals surface area contributed by atoms with E-state index in [1.165, 1.54) is 10.9 Å². The molecular weight excluding hydrogens is 300 g/mol. The summed E-state index contributed by atoms with van der Waals surface area (Å²) in [5, 5.41) is 4.24. The van der Waals surface area contributed by atoms with Gasteiger partial charge in [0.05, 0.1) is 6.61 Å². The quantitative estimate of drug-likeness (QED) is 0.773. The zero-order valence-corrected chi connectivity index (χ0v) is 13.5. The Balaban J connectivity index is 1.40. The number of rotatable bonds is 4. The van der Waals surface area contributed by atoms with E-state index in [2.05, 4.69) is 22.4 Å². The molecule has 1 amide bonds. The Morgan fingerprint density at radius 3 is 3.08 bits per heavy atom. The van der Waals surface area contributed by atoms with Gasteiger partial charge in [-0.3, -0.25) is 4.79 Å². The maximum atomic E-state index is 12.4. The molecule has 1 aliphatic heterocycles. The largest absolute Gasteiger partial charge is 0.493 e. The smallest absolute Gasteiger partial charge is 0.251 e. The number of H-pyrrole nitrogens is 1. The summed E-state index contributed by atoms with van der Waals surface area (Å²) in [6.45, 7) is 1.39. The second-order valence-corrected chi connectivity index (χ2v) is 6.14. The van der Waals surface area contributed by atoms with E-state index in [1.807, 2.05) is 36.5 Å². The van der Waals surface area contributed by atoms with Gasteiger partial charge in [-0.1, -0.05) is 18.2 Å². The van der Waals surface area contributed by atoms with E-state index in [0.29, 0.717) is 12.1 Å². The third-order valence-corrected chi connectivity index (χ3v) is 4.53. The van der Waals surface area contributed by atoms with E-state index in [-0.39, 0.29) is 5.91 Å². The highest BCUT2D eigenvalue weighted by atomic mass is 16.5. The predicted octanol–water partition coefficient (Wildman–Crippen LogP) is 3.47. The van der Waals surface area contributed by atoms with Gasteiger partial charge in [0.15, 0.2) is 0 Å². The number of hydrogen-bond donors (Lipinski definition) is 2. The zero-order valence-electron chi connectivity index (χ0n) is 13.5. The molecule has 0 saturated carbocycles. The number of hydrogen-bond acceptors (Lipinski definition) is 2. The SMILES string of the molecule is O=C(NCCc1c[nH]c2ccccc12)c1ccc2c(c1)CCCO2. The van der Waals surface area contributed by atoms with Gasteiger partial charge in [-0.2, -0.15) is 0 Å². The van der Waals surface area contributed by atoms with Crippen molar-refractivity contribution in [3.63, 3.8) is 0 Å². The topological polar surface area (TPSA) is 54.1 Å². The number of ether oxygens (including phenoxy) is 1. The number of aromatic amines is 1.